The monoisotopic (exact) mass is 307 g/mol. The van der Waals surface area contributed by atoms with Gasteiger partial charge in [0.25, 0.3) is 0 Å². The molecule has 1 aliphatic carbocycles. The minimum Gasteiger partial charge on any atom is -0.375 e. The Bertz CT molecular complexity index is 547. The highest BCUT2D eigenvalue weighted by atomic mass is 35.5. The molecule has 114 valence electrons. The molecule has 0 radical (unpaired) electrons. The number of anilines is 1. The van der Waals surface area contributed by atoms with Gasteiger partial charge in [0, 0.05) is 31.8 Å². The topological polar surface area (TPSA) is 37.4 Å². The molecule has 1 N–H and O–H groups in total. The zero-order valence-electron chi connectivity index (χ0n) is 12.4. The standard InChI is InChI=1S/C16H22ClN3O/c1-10-6-18-7-13-4-12-5-14(17)15(19-16(12)20(10)13)9-21-8-11-2-3-11/h5,10-11,13,18H,2-4,6-9H2,1H3/t10-,13-/m1/s1. The molecule has 0 aromatic carbocycles. The van der Waals surface area contributed by atoms with Gasteiger partial charge in [-0.05, 0) is 43.7 Å². The molecule has 0 spiro atoms. The fraction of sp³-hybridized carbons (Fsp3) is 0.688. The Morgan fingerprint density at radius 1 is 1.43 bits per heavy atom. The number of piperazine rings is 1. The van der Waals surface area contributed by atoms with Crippen molar-refractivity contribution >= 4 is 17.4 Å². The lowest BCUT2D eigenvalue weighted by molar-refractivity contribution is 0.109. The summed E-state index contributed by atoms with van der Waals surface area (Å²) in [5.41, 5.74) is 2.17. The third kappa shape index (κ3) is 2.65. The van der Waals surface area contributed by atoms with Gasteiger partial charge in [-0.1, -0.05) is 11.6 Å². The fourth-order valence-corrected chi connectivity index (χ4v) is 3.69. The number of rotatable bonds is 4. The van der Waals surface area contributed by atoms with Crippen LogP contribution in [0.5, 0.6) is 0 Å². The summed E-state index contributed by atoms with van der Waals surface area (Å²) in [7, 11) is 0. The third-order valence-corrected chi connectivity index (χ3v) is 5.11. The van der Waals surface area contributed by atoms with Gasteiger partial charge in [0.15, 0.2) is 0 Å². The van der Waals surface area contributed by atoms with Crippen LogP contribution in [0.25, 0.3) is 0 Å². The van der Waals surface area contributed by atoms with Gasteiger partial charge in [0.05, 0.1) is 17.3 Å². The molecule has 2 atom stereocenters. The number of ether oxygens (including phenoxy) is 1. The van der Waals surface area contributed by atoms with Crippen LogP contribution in [0.4, 0.5) is 5.82 Å². The Balaban J connectivity index is 1.55. The van der Waals surface area contributed by atoms with Crippen LogP contribution in [0.1, 0.15) is 31.0 Å². The maximum atomic E-state index is 6.40. The van der Waals surface area contributed by atoms with Crippen molar-refractivity contribution in [1.82, 2.24) is 10.3 Å². The smallest absolute Gasteiger partial charge is 0.132 e. The van der Waals surface area contributed by atoms with E-state index in [9.17, 15) is 0 Å². The second-order valence-corrected chi connectivity index (χ2v) is 7.04. The van der Waals surface area contributed by atoms with Gasteiger partial charge >= 0.3 is 0 Å². The van der Waals surface area contributed by atoms with Crippen molar-refractivity contribution < 1.29 is 4.74 Å². The van der Waals surface area contributed by atoms with Gasteiger partial charge in [-0.2, -0.15) is 0 Å². The van der Waals surface area contributed by atoms with E-state index in [-0.39, 0.29) is 0 Å². The molecular formula is C16H22ClN3O. The number of nitrogens with one attached hydrogen (secondary N) is 1. The molecule has 0 bridgehead atoms. The van der Waals surface area contributed by atoms with E-state index in [0.717, 1.165) is 48.6 Å². The Labute approximate surface area is 130 Å². The minimum absolute atomic E-state index is 0.485. The summed E-state index contributed by atoms with van der Waals surface area (Å²) >= 11 is 6.40. The largest absolute Gasteiger partial charge is 0.375 e. The molecular weight excluding hydrogens is 286 g/mol. The van der Waals surface area contributed by atoms with E-state index in [0.29, 0.717) is 18.7 Å². The van der Waals surface area contributed by atoms with Crippen LogP contribution >= 0.6 is 11.6 Å². The zero-order chi connectivity index (χ0) is 14.4. The van der Waals surface area contributed by atoms with Crippen molar-refractivity contribution in [1.29, 1.82) is 0 Å². The van der Waals surface area contributed by atoms with E-state index in [4.69, 9.17) is 21.3 Å². The van der Waals surface area contributed by atoms with E-state index in [1.807, 2.05) is 0 Å². The molecule has 2 aliphatic heterocycles. The van der Waals surface area contributed by atoms with Crippen LogP contribution in [0.15, 0.2) is 6.07 Å². The van der Waals surface area contributed by atoms with Crippen molar-refractivity contribution in [3.05, 3.63) is 22.3 Å². The normalized spacial score (nSPS) is 27.6. The average Bonchev–Trinajstić information content (AvgIpc) is 3.20. The van der Waals surface area contributed by atoms with Crippen LogP contribution < -0.4 is 10.2 Å². The average molecular weight is 308 g/mol. The van der Waals surface area contributed by atoms with Gasteiger partial charge in [-0.3, -0.25) is 0 Å². The lowest BCUT2D eigenvalue weighted by Gasteiger charge is -2.37. The van der Waals surface area contributed by atoms with E-state index in [2.05, 4.69) is 23.2 Å². The number of hydrogen-bond donors (Lipinski definition) is 1. The van der Waals surface area contributed by atoms with Gasteiger partial charge in [-0.25, -0.2) is 4.98 Å². The van der Waals surface area contributed by atoms with E-state index < -0.39 is 0 Å². The Hall–Kier alpha value is -0.840. The second kappa shape index (κ2) is 5.41. The first kappa shape index (κ1) is 13.8. The Morgan fingerprint density at radius 3 is 3.10 bits per heavy atom. The third-order valence-electron chi connectivity index (χ3n) is 4.78. The number of nitrogens with zero attached hydrogens (tertiary/aromatic N) is 2. The lowest BCUT2D eigenvalue weighted by Crippen LogP contribution is -2.55. The van der Waals surface area contributed by atoms with Crippen molar-refractivity contribution in [2.75, 3.05) is 24.6 Å². The van der Waals surface area contributed by atoms with Gasteiger partial charge in [0.1, 0.15) is 5.82 Å². The van der Waals surface area contributed by atoms with Crippen molar-refractivity contribution in [3.63, 3.8) is 0 Å². The van der Waals surface area contributed by atoms with Crippen LogP contribution in [-0.4, -0.2) is 36.8 Å². The minimum atomic E-state index is 0.485. The molecule has 2 fully saturated rings. The van der Waals surface area contributed by atoms with E-state index >= 15 is 0 Å². The lowest BCUT2D eigenvalue weighted by atomic mass is 10.1. The first-order chi connectivity index (χ1) is 10.2. The first-order valence-corrected chi connectivity index (χ1v) is 8.35. The van der Waals surface area contributed by atoms with Crippen molar-refractivity contribution in [2.45, 2.75) is 44.9 Å². The van der Waals surface area contributed by atoms with Gasteiger partial charge in [-0.15, -0.1) is 0 Å². The highest BCUT2D eigenvalue weighted by molar-refractivity contribution is 6.31. The number of hydrogen-bond acceptors (Lipinski definition) is 4. The van der Waals surface area contributed by atoms with Crippen LogP contribution in [0, 0.1) is 5.92 Å². The fourth-order valence-electron chi connectivity index (χ4n) is 3.46. The summed E-state index contributed by atoms with van der Waals surface area (Å²) in [6.07, 6.45) is 3.67. The first-order valence-electron chi connectivity index (χ1n) is 7.97. The zero-order valence-corrected chi connectivity index (χ0v) is 13.2. The van der Waals surface area contributed by atoms with Gasteiger partial charge < -0.3 is 15.0 Å². The molecule has 1 saturated heterocycles. The molecule has 4 rings (SSSR count). The maximum absolute atomic E-state index is 6.40. The molecule has 1 aromatic rings. The second-order valence-electron chi connectivity index (χ2n) is 6.63. The van der Waals surface area contributed by atoms with Crippen molar-refractivity contribution in [3.8, 4) is 0 Å². The maximum Gasteiger partial charge on any atom is 0.132 e. The summed E-state index contributed by atoms with van der Waals surface area (Å²) in [6.45, 7) is 5.70. The SMILES string of the molecule is C[C@@H]1CNC[C@H]2Cc3cc(Cl)c(COCC4CC4)nc3N21. The van der Waals surface area contributed by atoms with E-state index in [1.165, 1.54) is 18.4 Å². The molecule has 1 saturated carbocycles. The van der Waals surface area contributed by atoms with Gasteiger partial charge in [0.2, 0.25) is 0 Å². The summed E-state index contributed by atoms with van der Waals surface area (Å²) in [6, 6.07) is 3.11. The molecule has 4 nitrogen and oxygen atoms in total. The quantitative estimate of drug-likeness (QED) is 0.927. The molecule has 3 aliphatic rings. The Morgan fingerprint density at radius 2 is 2.29 bits per heavy atom. The number of pyridine rings is 1. The summed E-state index contributed by atoms with van der Waals surface area (Å²) in [5.74, 6) is 1.90. The predicted octanol–water partition coefficient (Wildman–Crippen LogP) is 2.38. The highest BCUT2D eigenvalue weighted by Gasteiger charge is 2.36. The van der Waals surface area contributed by atoms with Crippen LogP contribution in [-0.2, 0) is 17.8 Å². The highest BCUT2D eigenvalue weighted by Crippen LogP contribution is 2.36. The Kier molecular flexibility index (Phi) is 3.56. The molecule has 0 unspecified atom stereocenters. The molecule has 1 aromatic heterocycles. The van der Waals surface area contributed by atoms with Crippen molar-refractivity contribution in [2.24, 2.45) is 5.92 Å². The van der Waals surface area contributed by atoms with E-state index in [1.54, 1.807) is 0 Å². The summed E-state index contributed by atoms with van der Waals surface area (Å²) in [4.78, 5) is 7.31. The molecule has 5 heteroatoms. The predicted molar refractivity (Wildman–Crippen MR) is 83.9 cm³/mol. The number of fused-ring (bicyclic) bond motifs is 3. The number of aromatic nitrogens is 1. The summed E-state index contributed by atoms with van der Waals surface area (Å²) < 4.78 is 5.77. The molecule has 0 amide bonds. The molecule has 3 heterocycles. The number of halogens is 1. The molecule has 21 heavy (non-hydrogen) atoms. The summed E-state index contributed by atoms with van der Waals surface area (Å²) in [5, 5.41) is 4.25. The van der Waals surface area contributed by atoms with Crippen LogP contribution in [0.3, 0.4) is 0 Å². The van der Waals surface area contributed by atoms with Crippen LogP contribution in [0.2, 0.25) is 5.02 Å².